The summed E-state index contributed by atoms with van der Waals surface area (Å²) < 4.78 is 0. The summed E-state index contributed by atoms with van der Waals surface area (Å²) in [5, 5.41) is 10.7. The van der Waals surface area contributed by atoms with Crippen LogP contribution in [0.2, 0.25) is 0 Å². The number of carboxylic acids is 1. The molecule has 98 valence electrons. The van der Waals surface area contributed by atoms with Crippen molar-refractivity contribution in [2.45, 2.75) is 13.1 Å². The zero-order valence-electron chi connectivity index (χ0n) is 10.9. The molecular formula is C16H17NO2. The van der Waals surface area contributed by atoms with Gasteiger partial charge in [-0.3, -0.25) is 0 Å². The Kier molecular flexibility index (Phi) is 4.31. The predicted octanol–water partition coefficient (Wildman–Crippen LogP) is 0.265. The minimum absolute atomic E-state index is 0.226. The number of quaternary nitrogens is 1. The van der Waals surface area contributed by atoms with Crippen molar-refractivity contribution >= 4 is 5.97 Å². The first kappa shape index (κ1) is 13.3. The fourth-order valence-corrected chi connectivity index (χ4v) is 2.11. The van der Waals surface area contributed by atoms with Gasteiger partial charge in [0.25, 0.3) is 0 Å². The Hall–Kier alpha value is -2.13. The maximum absolute atomic E-state index is 10.7. The molecule has 2 aromatic carbocycles. The summed E-state index contributed by atoms with van der Waals surface area (Å²) in [6.45, 7) is 1.81. The molecule has 0 radical (unpaired) electrons. The largest absolute Gasteiger partial charge is 0.545 e. The molecule has 0 aromatic heterocycles. The van der Waals surface area contributed by atoms with Crippen LogP contribution in [-0.2, 0) is 13.1 Å². The first-order valence-electron chi connectivity index (χ1n) is 6.30. The van der Waals surface area contributed by atoms with Crippen molar-refractivity contribution in [3.8, 4) is 0 Å². The molecule has 0 spiro atoms. The molecule has 1 N–H and O–H groups in total. The van der Waals surface area contributed by atoms with Gasteiger partial charge in [0.15, 0.2) is 0 Å². The van der Waals surface area contributed by atoms with E-state index in [0.717, 1.165) is 18.7 Å². The van der Waals surface area contributed by atoms with E-state index in [1.807, 2.05) is 30.3 Å². The number of aromatic carboxylic acids is 1. The van der Waals surface area contributed by atoms with Gasteiger partial charge in [0.2, 0.25) is 0 Å². The van der Waals surface area contributed by atoms with Gasteiger partial charge < -0.3 is 14.8 Å². The lowest BCUT2D eigenvalue weighted by atomic mass is 10.1. The number of benzene rings is 2. The van der Waals surface area contributed by atoms with Gasteiger partial charge in [-0.2, -0.15) is 0 Å². The Balaban J connectivity index is 1.95. The molecular weight excluding hydrogens is 238 g/mol. The highest BCUT2D eigenvalue weighted by atomic mass is 16.4. The fourth-order valence-electron chi connectivity index (χ4n) is 2.11. The molecule has 0 aliphatic heterocycles. The van der Waals surface area contributed by atoms with Crippen molar-refractivity contribution < 1.29 is 14.8 Å². The Morgan fingerprint density at radius 2 is 1.47 bits per heavy atom. The van der Waals surface area contributed by atoms with E-state index in [1.54, 1.807) is 12.1 Å². The molecule has 0 saturated carbocycles. The van der Waals surface area contributed by atoms with Crippen molar-refractivity contribution in [2.24, 2.45) is 0 Å². The van der Waals surface area contributed by atoms with Gasteiger partial charge in [-0.1, -0.05) is 54.6 Å². The quantitative estimate of drug-likeness (QED) is 0.833. The fraction of sp³-hybridized carbons (Fsp3) is 0.188. The average Bonchev–Trinajstić information content (AvgIpc) is 2.40. The molecule has 0 aliphatic carbocycles. The third kappa shape index (κ3) is 3.93. The minimum atomic E-state index is -1.13. The molecule has 2 aromatic rings. The second-order valence-electron chi connectivity index (χ2n) is 4.78. The smallest absolute Gasteiger partial charge is 0.103 e. The molecule has 19 heavy (non-hydrogen) atoms. The molecule has 0 bridgehead atoms. The van der Waals surface area contributed by atoms with Crippen LogP contribution in [0.25, 0.3) is 0 Å². The van der Waals surface area contributed by atoms with Crippen molar-refractivity contribution in [1.82, 2.24) is 0 Å². The zero-order valence-corrected chi connectivity index (χ0v) is 10.9. The van der Waals surface area contributed by atoms with E-state index in [4.69, 9.17) is 0 Å². The second kappa shape index (κ2) is 6.16. The van der Waals surface area contributed by atoms with E-state index in [2.05, 4.69) is 19.2 Å². The number of carbonyl (C=O) groups is 1. The van der Waals surface area contributed by atoms with Gasteiger partial charge in [0, 0.05) is 11.1 Å². The highest BCUT2D eigenvalue weighted by Crippen LogP contribution is 2.02. The van der Waals surface area contributed by atoms with E-state index < -0.39 is 5.97 Å². The Labute approximate surface area is 113 Å². The van der Waals surface area contributed by atoms with Crippen molar-refractivity contribution in [2.75, 3.05) is 7.05 Å². The maximum Gasteiger partial charge on any atom is 0.103 e. The third-order valence-corrected chi connectivity index (χ3v) is 3.04. The van der Waals surface area contributed by atoms with Gasteiger partial charge in [-0.05, 0) is 5.56 Å². The molecule has 3 heteroatoms. The summed E-state index contributed by atoms with van der Waals surface area (Å²) in [6, 6.07) is 17.2. The number of carbonyl (C=O) groups excluding carboxylic acids is 1. The summed E-state index contributed by atoms with van der Waals surface area (Å²) >= 11 is 0. The Morgan fingerprint density at radius 3 is 2.00 bits per heavy atom. The van der Waals surface area contributed by atoms with Gasteiger partial charge in [0.05, 0.1) is 13.0 Å². The van der Waals surface area contributed by atoms with E-state index in [-0.39, 0.29) is 5.56 Å². The lowest BCUT2D eigenvalue weighted by molar-refractivity contribution is -0.907. The van der Waals surface area contributed by atoms with Gasteiger partial charge in [0.1, 0.15) is 13.1 Å². The summed E-state index contributed by atoms with van der Waals surface area (Å²) in [5.41, 5.74) is 2.65. The molecule has 0 fully saturated rings. The van der Waals surface area contributed by atoms with Crippen molar-refractivity contribution in [3.63, 3.8) is 0 Å². The topological polar surface area (TPSA) is 44.6 Å². The maximum atomic E-state index is 10.7. The first-order valence-corrected chi connectivity index (χ1v) is 6.30. The molecule has 0 amide bonds. The second-order valence-corrected chi connectivity index (χ2v) is 4.78. The average molecular weight is 255 g/mol. The van der Waals surface area contributed by atoms with Crippen LogP contribution in [0.5, 0.6) is 0 Å². The Bertz CT molecular complexity index is 534. The lowest BCUT2D eigenvalue weighted by Gasteiger charge is -2.14. The normalized spacial score (nSPS) is 12.1. The van der Waals surface area contributed by atoms with E-state index in [0.29, 0.717) is 0 Å². The highest BCUT2D eigenvalue weighted by Gasteiger charge is 2.05. The van der Waals surface area contributed by atoms with E-state index in [1.165, 1.54) is 10.5 Å². The molecule has 3 nitrogen and oxygen atoms in total. The van der Waals surface area contributed by atoms with Gasteiger partial charge in [-0.25, -0.2) is 0 Å². The molecule has 1 unspecified atom stereocenters. The number of hydrogen-bond donors (Lipinski definition) is 1. The summed E-state index contributed by atoms with van der Waals surface area (Å²) in [5.74, 6) is -1.13. The summed E-state index contributed by atoms with van der Waals surface area (Å²) in [6.07, 6.45) is 0. The minimum Gasteiger partial charge on any atom is -0.545 e. The van der Waals surface area contributed by atoms with Gasteiger partial charge >= 0.3 is 0 Å². The molecule has 0 saturated heterocycles. The SMILES string of the molecule is C[NH+](Cc1ccccc1)Cc1ccc(C(=O)[O-])cc1. The molecule has 2 rings (SSSR count). The van der Waals surface area contributed by atoms with Crippen LogP contribution in [0, 0.1) is 0 Å². The summed E-state index contributed by atoms with van der Waals surface area (Å²) in [7, 11) is 2.12. The van der Waals surface area contributed by atoms with Crippen molar-refractivity contribution in [3.05, 3.63) is 71.3 Å². The molecule has 0 heterocycles. The van der Waals surface area contributed by atoms with Crippen LogP contribution >= 0.6 is 0 Å². The third-order valence-electron chi connectivity index (χ3n) is 3.04. The zero-order chi connectivity index (χ0) is 13.7. The number of carboxylic acid groups (broad SMARTS) is 1. The Morgan fingerprint density at radius 1 is 0.947 bits per heavy atom. The van der Waals surface area contributed by atoms with Crippen LogP contribution in [-0.4, -0.2) is 13.0 Å². The van der Waals surface area contributed by atoms with Crippen LogP contribution in [0.1, 0.15) is 21.5 Å². The van der Waals surface area contributed by atoms with Crippen LogP contribution in [0.4, 0.5) is 0 Å². The van der Waals surface area contributed by atoms with Crippen molar-refractivity contribution in [1.29, 1.82) is 0 Å². The number of nitrogens with one attached hydrogen (secondary N) is 1. The monoisotopic (exact) mass is 255 g/mol. The highest BCUT2D eigenvalue weighted by molar-refractivity contribution is 5.85. The number of hydrogen-bond acceptors (Lipinski definition) is 2. The van der Waals surface area contributed by atoms with E-state index in [9.17, 15) is 9.90 Å². The van der Waals surface area contributed by atoms with Crippen LogP contribution in [0.15, 0.2) is 54.6 Å². The lowest BCUT2D eigenvalue weighted by Crippen LogP contribution is -3.06. The van der Waals surface area contributed by atoms with Gasteiger partial charge in [-0.15, -0.1) is 0 Å². The van der Waals surface area contributed by atoms with E-state index >= 15 is 0 Å². The predicted molar refractivity (Wildman–Crippen MR) is 71.5 cm³/mol. The standard InChI is InChI=1S/C16H17NO2/c1-17(11-13-5-3-2-4-6-13)12-14-7-9-15(10-8-14)16(18)19/h2-10H,11-12H2,1H3,(H,18,19). The first-order chi connectivity index (χ1) is 9.15. The number of rotatable bonds is 5. The van der Waals surface area contributed by atoms with Crippen LogP contribution < -0.4 is 10.0 Å². The summed E-state index contributed by atoms with van der Waals surface area (Å²) in [4.78, 5) is 12.0. The molecule has 0 aliphatic rings. The van der Waals surface area contributed by atoms with Crippen LogP contribution in [0.3, 0.4) is 0 Å². The molecule has 1 atom stereocenters.